The maximum absolute atomic E-state index is 14.7. The van der Waals surface area contributed by atoms with Crippen LogP contribution in [0.1, 0.15) is 140 Å². The number of hydrogen-bond donors (Lipinski definition) is 4. The monoisotopic (exact) mass is 706 g/mol. The lowest BCUT2D eigenvalue weighted by Gasteiger charge is -2.36. The summed E-state index contributed by atoms with van der Waals surface area (Å²) in [4.78, 5) is 83.0. The summed E-state index contributed by atoms with van der Waals surface area (Å²) < 4.78 is 5.62. The van der Waals surface area contributed by atoms with Gasteiger partial charge in [0, 0.05) is 13.1 Å². The van der Waals surface area contributed by atoms with Crippen molar-refractivity contribution in [3.8, 4) is 0 Å². The molecule has 4 N–H and O–H groups in total. The first-order valence-corrected chi connectivity index (χ1v) is 18.8. The van der Waals surface area contributed by atoms with Crippen molar-refractivity contribution in [3.63, 3.8) is 0 Å². The molecule has 0 aromatic heterocycles. The normalized spacial score (nSPS) is 20.7. The van der Waals surface area contributed by atoms with E-state index in [4.69, 9.17) is 4.74 Å². The van der Waals surface area contributed by atoms with Crippen molar-refractivity contribution in [1.29, 1.82) is 0 Å². The van der Waals surface area contributed by atoms with Crippen LogP contribution in [-0.4, -0.2) is 83.3 Å². The Balaban J connectivity index is 2.43. The van der Waals surface area contributed by atoms with Gasteiger partial charge in [-0.25, -0.2) is 9.59 Å². The van der Waals surface area contributed by atoms with Crippen molar-refractivity contribution in [3.05, 3.63) is 0 Å². The molecule has 5 amide bonds. The van der Waals surface area contributed by atoms with Crippen molar-refractivity contribution >= 4 is 35.5 Å². The standard InChI is InChI=1S/C38H67N5O7/c1-12-14-20-26(29(44)32(46)39-21-13-2)40-31(45)27-22-25(36(3,4)5)23-43(27)33(47)28(24-18-16-15-17-19-24)41-35(49)42-30(37(6,7)8)34(48)50-38(9,10)11/h24-28,30H,12-23H2,1-11H3,(H,39,46)(H,40,45)(H2,41,42,49)/t25-,26?,27+,28+,30-/m1/s1. The minimum absolute atomic E-state index is 0.0295. The van der Waals surface area contributed by atoms with E-state index < -0.39 is 64.8 Å². The summed E-state index contributed by atoms with van der Waals surface area (Å²) in [5.74, 6) is -3.02. The van der Waals surface area contributed by atoms with Gasteiger partial charge in [-0.15, -0.1) is 0 Å². The van der Waals surface area contributed by atoms with Crippen LogP contribution in [-0.2, 0) is 28.7 Å². The smallest absolute Gasteiger partial charge is 0.329 e. The third-order valence-corrected chi connectivity index (χ3v) is 9.81. The fourth-order valence-electron chi connectivity index (χ4n) is 6.72. The number of amides is 5. The number of nitrogens with one attached hydrogen (secondary N) is 4. The lowest BCUT2D eigenvalue weighted by molar-refractivity contribution is -0.160. The number of rotatable bonds is 14. The largest absolute Gasteiger partial charge is 0.458 e. The SMILES string of the molecule is CCCCC(NC(=O)[C@@H]1C[C@@H](C(C)(C)C)CN1C(=O)[C@@H](NC(=O)N[C@H](C(=O)OC(C)(C)C)C(C)(C)C)C1CCCCC1)C(=O)C(=O)NCCC. The van der Waals surface area contributed by atoms with E-state index in [9.17, 15) is 28.8 Å². The van der Waals surface area contributed by atoms with Crippen LogP contribution in [0.4, 0.5) is 4.79 Å². The molecule has 1 saturated heterocycles. The highest BCUT2D eigenvalue weighted by atomic mass is 16.6. The molecule has 1 unspecified atom stereocenters. The maximum atomic E-state index is 14.7. The van der Waals surface area contributed by atoms with E-state index in [1.165, 1.54) is 0 Å². The predicted octanol–water partition coefficient (Wildman–Crippen LogP) is 5.02. The quantitative estimate of drug-likeness (QED) is 0.146. The van der Waals surface area contributed by atoms with E-state index in [1.54, 1.807) is 25.7 Å². The Morgan fingerprint density at radius 2 is 1.44 bits per heavy atom. The summed E-state index contributed by atoms with van der Waals surface area (Å²) in [7, 11) is 0. The van der Waals surface area contributed by atoms with E-state index in [1.807, 2.05) is 34.6 Å². The van der Waals surface area contributed by atoms with E-state index in [0.29, 0.717) is 38.8 Å². The molecular weight excluding hydrogens is 638 g/mol. The highest BCUT2D eigenvalue weighted by Crippen LogP contribution is 2.38. The van der Waals surface area contributed by atoms with Crippen LogP contribution in [0.2, 0.25) is 0 Å². The number of ether oxygens (including phenoxy) is 1. The first-order valence-electron chi connectivity index (χ1n) is 18.8. The van der Waals surface area contributed by atoms with E-state index in [0.717, 1.165) is 38.5 Å². The number of Topliss-reactive ketones (excluding diaryl/α,β-unsaturated/α-hetero) is 1. The number of ketones is 1. The number of carbonyl (C=O) groups is 6. The van der Waals surface area contributed by atoms with Crippen molar-refractivity contribution in [2.45, 2.75) is 170 Å². The van der Waals surface area contributed by atoms with Crippen LogP contribution in [0, 0.1) is 22.7 Å². The van der Waals surface area contributed by atoms with Crippen LogP contribution < -0.4 is 21.3 Å². The molecule has 0 aromatic rings. The maximum Gasteiger partial charge on any atom is 0.329 e. The molecule has 1 aliphatic carbocycles. The molecule has 1 saturated carbocycles. The lowest BCUT2D eigenvalue weighted by Crippen LogP contribution is -2.61. The number of hydrogen-bond acceptors (Lipinski definition) is 7. The summed E-state index contributed by atoms with van der Waals surface area (Å²) in [6, 6.07) is -4.46. The van der Waals surface area contributed by atoms with Gasteiger partial charge in [-0.1, -0.05) is 87.5 Å². The summed E-state index contributed by atoms with van der Waals surface area (Å²) in [6.07, 6.45) is 7.10. The van der Waals surface area contributed by atoms with Crippen molar-refractivity contribution < 1.29 is 33.5 Å². The predicted molar refractivity (Wildman–Crippen MR) is 194 cm³/mol. The molecule has 5 atom stereocenters. The second kappa shape index (κ2) is 18.4. The van der Waals surface area contributed by atoms with Gasteiger partial charge in [0.05, 0.1) is 6.04 Å². The molecule has 1 heterocycles. The average Bonchev–Trinajstić information content (AvgIpc) is 3.48. The van der Waals surface area contributed by atoms with Gasteiger partial charge < -0.3 is 30.9 Å². The minimum atomic E-state index is -1.01. The zero-order valence-corrected chi connectivity index (χ0v) is 32.8. The van der Waals surface area contributed by atoms with Crippen molar-refractivity contribution in [2.75, 3.05) is 13.1 Å². The Labute approximate surface area is 300 Å². The average molecular weight is 706 g/mol. The van der Waals surface area contributed by atoms with Crippen LogP contribution in [0.25, 0.3) is 0 Å². The number of likely N-dealkylation sites (tertiary alicyclic amines) is 1. The molecule has 2 aliphatic rings. The van der Waals surface area contributed by atoms with Gasteiger partial charge in [0.15, 0.2) is 0 Å². The van der Waals surface area contributed by atoms with E-state index >= 15 is 0 Å². The van der Waals surface area contributed by atoms with Crippen molar-refractivity contribution in [1.82, 2.24) is 26.2 Å². The van der Waals surface area contributed by atoms with Crippen LogP contribution in [0.15, 0.2) is 0 Å². The zero-order valence-electron chi connectivity index (χ0n) is 32.8. The minimum Gasteiger partial charge on any atom is -0.458 e. The first kappa shape index (κ1) is 43.0. The molecular formula is C38H67N5O7. The fourth-order valence-corrected chi connectivity index (χ4v) is 6.72. The van der Waals surface area contributed by atoms with Crippen LogP contribution >= 0.6 is 0 Å². The van der Waals surface area contributed by atoms with E-state index in [2.05, 4.69) is 42.0 Å². The summed E-state index contributed by atoms with van der Waals surface area (Å²) >= 11 is 0. The number of esters is 1. The highest BCUT2D eigenvalue weighted by Gasteiger charge is 2.48. The Morgan fingerprint density at radius 1 is 0.820 bits per heavy atom. The molecule has 0 radical (unpaired) electrons. The second-order valence-corrected chi connectivity index (χ2v) is 17.5. The summed E-state index contributed by atoms with van der Waals surface area (Å²) in [6.45, 7) is 21.5. The van der Waals surface area contributed by atoms with Gasteiger partial charge in [-0.3, -0.25) is 19.2 Å². The Kier molecular flexibility index (Phi) is 15.8. The molecule has 12 heteroatoms. The zero-order chi connectivity index (χ0) is 38.0. The summed E-state index contributed by atoms with van der Waals surface area (Å²) in [5, 5.41) is 11.2. The Morgan fingerprint density at radius 3 is 1.96 bits per heavy atom. The summed E-state index contributed by atoms with van der Waals surface area (Å²) in [5.41, 5.74) is -1.67. The molecule has 1 aliphatic heterocycles. The lowest BCUT2D eigenvalue weighted by atomic mass is 9.79. The molecule has 0 spiro atoms. The van der Waals surface area contributed by atoms with E-state index in [-0.39, 0.29) is 23.2 Å². The van der Waals surface area contributed by atoms with Crippen LogP contribution in [0.5, 0.6) is 0 Å². The third-order valence-electron chi connectivity index (χ3n) is 9.81. The number of nitrogens with zero attached hydrogens (tertiary/aromatic N) is 1. The van der Waals surface area contributed by atoms with Gasteiger partial charge in [-0.05, 0) is 75.5 Å². The third kappa shape index (κ3) is 12.9. The Hall–Kier alpha value is -3.18. The van der Waals surface area contributed by atoms with Gasteiger partial charge in [0.2, 0.25) is 17.6 Å². The molecule has 0 bridgehead atoms. The van der Waals surface area contributed by atoms with Gasteiger partial charge in [0.25, 0.3) is 5.91 Å². The molecule has 50 heavy (non-hydrogen) atoms. The molecule has 12 nitrogen and oxygen atoms in total. The van der Waals surface area contributed by atoms with Gasteiger partial charge in [0.1, 0.15) is 23.7 Å². The number of urea groups is 1. The second-order valence-electron chi connectivity index (χ2n) is 17.5. The molecule has 286 valence electrons. The Bertz CT molecular complexity index is 1190. The molecule has 0 aromatic carbocycles. The fraction of sp³-hybridized carbons (Fsp3) is 0.842. The van der Waals surface area contributed by atoms with Gasteiger partial charge in [-0.2, -0.15) is 0 Å². The first-order chi connectivity index (χ1) is 23.1. The topological polar surface area (TPSA) is 163 Å². The van der Waals surface area contributed by atoms with Gasteiger partial charge >= 0.3 is 12.0 Å². The van der Waals surface area contributed by atoms with Crippen LogP contribution in [0.3, 0.4) is 0 Å². The molecule has 2 fully saturated rings. The molecule has 2 rings (SSSR count). The van der Waals surface area contributed by atoms with Crippen molar-refractivity contribution in [2.24, 2.45) is 22.7 Å². The number of carbonyl (C=O) groups excluding carboxylic acids is 6. The number of unbranched alkanes of at least 4 members (excludes halogenated alkanes) is 1. The highest BCUT2D eigenvalue weighted by molar-refractivity contribution is 6.38.